The van der Waals surface area contributed by atoms with E-state index in [2.05, 4.69) is 32.3 Å². The fourth-order valence-electron chi connectivity index (χ4n) is 2.02. The maximum atomic E-state index is 6.00. The van der Waals surface area contributed by atoms with Crippen molar-refractivity contribution in [1.29, 1.82) is 0 Å². The average molecular weight is 349 g/mol. The Morgan fingerprint density at radius 1 is 1.10 bits per heavy atom. The van der Waals surface area contributed by atoms with E-state index in [1.165, 1.54) is 5.56 Å². The third kappa shape index (κ3) is 2.62. The third-order valence-corrected chi connectivity index (χ3v) is 3.84. The average Bonchev–Trinajstić information content (AvgIpc) is 2.97. The van der Waals surface area contributed by atoms with Crippen LogP contribution in [0.3, 0.4) is 0 Å². The Morgan fingerprint density at radius 2 is 1.95 bits per heavy atom. The highest BCUT2D eigenvalue weighted by Gasteiger charge is 2.09. The van der Waals surface area contributed by atoms with Gasteiger partial charge in [0.15, 0.2) is 0 Å². The van der Waals surface area contributed by atoms with Crippen molar-refractivity contribution in [3.05, 3.63) is 65.3 Å². The van der Waals surface area contributed by atoms with Gasteiger partial charge in [-0.05, 0) is 23.8 Å². The minimum Gasteiger partial charge on any atom is -0.220 e. The molecule has 3 rings (SSSR count). The number of rotatable bonds is 3. The summed E-state index contributed by atoms with van der Waals surface area (Å²) in [5.74, 6) is 0. The molecule has 0 spiro atoms. The number of hydrogen-bond acceptors (Lipinski definition) is 2. The van der Waals surface area contributed by atoms with E-state index >= 15 is 0 Å². The van der Waals surface area contributed by atoms with Crippen LogP contribution in [0.25, 0.3) is 16.9 Å². The lowest BCUT2D eigenvalue weighted by molar-refractivity contribution is 0.804. The van der Waals surface area contributed by atoms with Crippen LogP contribution < -0.4 is 0 Å². The minimum atomic E-state index is 0.681. The van der Waals surface area contributed by atoms with Crippen LogP contribution in [0.1, 0.15) is 5.56 Å². The minimum absolute atomic E-state index is 0.681. The predicted octanol–water partition coefficient (Wildman–Crippen LogP) is 4.48. The summed E-state index contributed by atoms with van der Waals surface area (Å²) in [4.78, 5) is 0. The number of halogens is 2. The van der Waals surface area contributed by atoms with Crippen LogP contribution in [-0.4, -0.2) is 15.0 Å². The van der Waals surface area contributed by atoms with Gasteiger partial charge < -0.3 is 0 Å². The number of hydrogen-bond donors (Lipinski definition) is 0. The number of benzene rings is 2. The summed E-state index contributed by atoms with van der Waals surface area (Å²) in [5, 5.41) is 9.89. The van der Waals surface area contributed by atoms with Crippen molar-refractivity contribution in [2.75, 3.05) is 0 Å². The first-order valence-electron chi connectivity index (χ1n) is 6.10. The highest BCUT2D eigenvalue weighted by atomic mass is 79.9. The zero-order valence-electron chi connectivity index (χ0n) is 10.5. The zero-order valence-corrected chi connectivity index (χ0v) is 12.8. The summed E-state index contributed by atoms with van der Waals surface area (Å²) in [6.07, 6.45) is 1.91. The highest BCUT2D eigenvalue weighted by Crippen LogP contribution is 2.24. The molecule has 1 heterocycles. The predicted molar refractivity (Wildman–Crippen MR) is 84.4 cm³/mol. The Morgan fingerprint density at radius 3 is 2.75 bits per heavy atom. The molecule has 0 radical (unpaired) electrons. The molecule has 3 nitrogen and oxygen atoms in total. The second kappa shape index (κ2) is 5.77. The van der Waals surface area contributed by atoms with E-state index in [0.29, 0.717) is 5.02 Å². The monoisotopic (exact) mass is 347 g/mol. The van der Waals surface area contributed by atoms with Gasteiger partial charge in [-0.25, -0.2) is 4.68 Å². The first-order chi connectivity index (χ1) is 9.78. The fraction of sp³-hybridized carbons (Fsp3) is 0.0667. The van der Waals surface area contributed by atoms with E-state index < -0.39 is 0 Å². The van der Waals surface area contributed by atoms with Gasteiger partial charge in [-0.3, -0.25) is 0 Å². The zero-order chi connectivity index (χ0) is 13.9. The Bertz CT molecular complexity index is 739. The first-order valence-corrected chi connectivity index (χ1v) is 7.60. The molecule has 3 aromatic rings. The molecule has 0 unspecified atom stereocenters. The normalized spacial score (nSPS) is 10.7. The van der Waals surface area contributed by atoms with E-state index in [9.17, 15) is 0 Å². The van der Waals surface area contributed by atoms with E-state index in [1.54, 1.807) is 4.68 Å². The molecule has 0 saturated carbocycles. The lowest BCUT2D eigenvalue weighted by Crippen LogP contribution is -1.93. The Hall–Kier alpha value is -1.65. The summed E-state index contributed by atoms with van der Waals surface area (Å²) < 4.78 is 1.73. The van der Waals surface area contributed by atoms with Crippen molar-refractivity contribution in [2.45, 2.75) is 5.33 Å². The lowest BCUT2D eigenvalue weighted by atomic mass is 10.1. The molecule has 20 heavy (non-hydrogen) atoms. The molecule has 0 N–H and O–H groups in total. The van der Waals surface area contributed by atoms with Crippen LogP contribution in [0.2, 0.25) is 5.02 Å². The van der Waals surface area contributed by atoms with Crippen molar-refractivity contribution >= 4 is 27.5 Å². The molecule has 0 aliphatic rings. The molecular weight excluding hydrogens is 338 g/mol. The Kier molecular flexibility index (Phi) is 3.85. The van der Waals surface area contributed by atoms with Crippen molar-refractivity contribution < 1.29 is 0 Å². The second-order valence-corrected chi connectivity index (χ2v) is 5.32. The molecule has 0 amide bonds. The van der Waals surface area contributed by atoms with Crippen LogP contribution in [0.5, 0.6) is 0 Å². The topological polar surface area (TPSA) is 30.7 Å². The summed E-state index contributed by atoms with van der Waals surface area (Å²) in [6, 6.07) is 15.7. The van der Waals surface area contributed by atoms with Crippen molar-refractivity contribution in [2.24, 2.45) is 0 Å². The van der Waals surface area contributed by atoms with Crippen molar-refractivity contribution in [3.8, 4) is 16.9 Å². The van der Waals surface area contributed by atoms with E-state index in [-0.39, 0.29) is 0 Å². The van der Waals surface area contributed by atoms with Gasteiger partial charge in [-0.2, -0.15) is 0 Å². The molecule has 100 valence electrons. The van der Waals surface area contributed by atoms with E-state index in [0.717, 1.165) is 22.3 Å². The lowest BCUT2D eigenvalue weighted by Gasteiger charge is -2.02. The van der Waals surface area contributed by atoms with Crippen LogP contribution in [0.15, 0.2) is 54.7 Å². The molecule has 0 bridgehead atoms. The van der Waals surface area contributed by atoms with Crippen LogP contribution in [0.4, 0.5) is 0 Å². The summed E-state index contributed by atoms with van der Waals surface area (Å²) >= 11 is 9.49. The van der Waals surface area contributed by atoms with Crippen molar-refractivity contribution in [1.82, 2.24) is 15.0 Å². The van der Waals surface area contributed by atoms with Gasteiger partial charge in [0.2, 0.25) is 0 Å². The smallest absolute Gasteiger partial charge is 0.113 e. The molecule has 5 heteroatoms. The van der Waals surface area contributed by atoms with Crippen LogP contribution in [0, 0.1) is 0 Å². The summed E-state index contributed by atoms with van der Waals surface area (Å²) in [6.45, 7) is 0. The Labute approximate surface area is 130 Å². The van der Waals surface area contributed by atoms with Gasteiger partial charge in [0.05, 0.1) is 11.9 Å². The standard InChI is InChI=1S/C15H11BrClN3/c16-9-11-4-1-2-7-14(11)15-10-20(19-18-15)13-6-3-5-12(17)8-13/h1-8,10H,9H2. The molecule has 0 saturated heterocycles. The Balaban J connectivity index is 2.02. The molecular formula is C15H11BrClN3. The fourth-order valence-corrected chi connectivity index (χ4v) is 2.69. The molecule has 2 aromatic carbocycles. The van der Waals surface area contributed by atoms with Gasteiger partial charge in [0.1, 0.15) is 5.69 Å². The number of aromatic nitrogens is 3. The largest absolute Gasteiger partial charge is 0.220 e. The number of alkyl halides is 1. The number of nitrogens with zero attached hydrogens (tertiary/aromatic N) is 3. The third-order valence-electron chi connectivity index (χ3n) is 3.00. The van der Waals surface area contributed by atoms with Gasteiger partial charge in [0, 0.05) is 15.9 Å². The SMILES string of the molecule is Clc1cccc(-n2cc(-c3ccccc3CBr)nn2)c1. The van der Waals surface area contributed by atoms with Crippen LogP contribution in [-0.2, 0) is 5.33 Å². The highest BCUT2D eigenvalue weighted by molar-refractivity contribution is 9.08. The molecule has 0 atom stereocenters. The van der Waals surface area contributed by atoms with E-state index in [1.807, 2.05) is 48.7 Å². The first kappa shape index (κ1) is 13.3. The van der Waals surface area contributed by atoms with Gasteiger partial charge in [0.25, 0.3) is 0 Å². The quantitative estimate of drug-likeness (QED) is 0.653. The molecule has 0 fully saturated rings. The van der Waals surface area contributed by atoms with Gasteiger partial charge >= 0.3 is 0 Å². The van der Waals surface area contributed by atoms with E-state index in [4.69, 9.17) is 11.6 Å². The second-order valence-electron chi connectivity index (χ2n) is 4.32. The van der Waals surface area contributed by atoms with Crippen LogP contribution >= 0.6 is 27.5 Å². The molecule has 1 aromatic heterocycles. The maximum absolute atomic E-state index is 6.00. The van der Waals surface area contributed by atoms with Crippen molar-refractivity contribution in [3.63, 3.8) is 0 Å². The summed E-state index contributed by atoms with van der Waals surface area (Å²) in [5.41, 5.74) is 4.01. The maximum Gasteiger partial charge on any atom is 0.113 e. The van der Waals surface area contributed by atoms with Gasteiger partial charge in [-0.15, -0.1) is 5.10 Å². The molecule has 0 aliphatic heterocycles. The van der Waals surface area contributed by atoms with Gasteiger partial charge in [-0.1, -0.05) is 63.1 Å². The summed E-state index contributed by atoms with van der Waals surface area (Å²) in [7, 11) is 0. The molecule has 0 aliphatic carbocycles.